The lowest BCUT2D eigenvalue weighted by atomic mass is 9.81. The summed E-state index contributed by atoms with van der Waals surface area (Å²) in [5.74, 6) is -15.1. The van der Waals surface area contributed by atoms with E-state index in [1.165, 1.54) is 62.4 Å². The van der Waals surface area contributed by atoms with Gasteiger partial charge in [-0.1, -0.05) is 79.5 Å². The Kier molecular flexibility index (Phi) is 26.0. The lowest BCUT2D eigenvalue weighted by molar-refractivity contribution is -0.334. The molecule has 25 atom stereocenters. The van der Waals surface area contributed by atoms with Crippen LogP contribution in [0.2, 0.25) is 10.0 Å². The van der Waals surface area contributed by atoms with Crippen molar-refractivity contribution >= 4 is 70.5 Å². The Bertz CT molecular complexity index is 5090. The van der Waals surface area contributed by atoms with Crippen LogP contribution in [0.5, 0.6) is 46.0 Å². The molecule has 36 nitrogen and oxygen atoms in total. The van der Waals surface area contributed by atoms with Crippen LogP contribution in [0.25, 0.3) is 11.1 Å². The van der Waals surface area contributed by atoms with E-state index in [2.05, 4.69) is 54.7 Å². The van der Waals surface area contributed by atoms with E-state index >= 15 is 24.0 Å². The smallest absolute Gasteiger partial charge is 0.330 e. The van der Waals surface area contributed by atoms with Crippen LogP contribution < -0.4 is 68.2 Å². The number of aromatic hydroxyl groups is 3. The molecule has 22 N–H and O–H groups in total. The maximum absolute atomic E-state index is 16.6. The number of phenolic OH excluding ortho intramolecular Hbond substituents is 3. The van der Waals surface area contributed by atoms with E-state index in [0.29, 0.717) is 12.5 Å². The average Bonchev–Trinajstić information content (AvgIpc) is 1.66. The number of carbonyl (C=O) groups is 8. The van der Waals surface area contributed by atoms with Crippen molar-refractivity contribution in [2.75, 3.05) is 20.2 Å². The van der Waals surface area contributed by atoms with Crippen molar-refractivity contribution in [3.8, 4) is 57.1 Å². The van der Waals surface area contributed by atoms with E-state index in [-0.39, 0.29) is 70.2 Å². The van der Waals surface area contributed by atoms with Crippen molar-refractivity contribution in [1.29, 1.82) is 0 Å². The third kappa shape index (κ3) is 18.3. The first-order valence-corrected chi connectivity index (χ1v) is 41.2. The quantitative estimate of drug-likeness (QED) is 0.0587. The van der Waals surface area contributed by atoms with Crippen molar-refractivity contribution in [1.82, 2.24) is 42.5 Å². The van der Waals surface area contributed by atoms with Gasteiger partial charge in [-0.15, -0.1) is 0 Å². The molecule has 4 fully saturated rings. The number of carbonyl (C=O) groups excluding carboxylic acids is 7. The van der Waals surface area contributed by atoms with Gasteiger partial charge < -0.3 is 143 Å². The number of fused-ring (bicyclic) bond motifs is 20. The van der Waals surface area contributed by atoms with Gasteiger partial charge in [0.1, 0.15) is 89.5 Å². The topological polar surface area (TPSA) is 561 Å². The number of benzene rings is 6. The number of nitrogens with two attached hydrogens (primary N) is 2. The molecule has 13 bridgehead atoms. The molecule has 6 aromatic rings. The van der Waals surface area contributed by atoms with Gasteiger partial charge in [-0.25, -0.2) is 4.79 Å². The zero-order valence-electron chi connectivity index (χ0n) is 67.7. The molecule has 8 aliphatic heterocycles. The third-order valence-electron chi connectivity index (χ3n) is 24.4. The van der Waals surface area contributed by atoms with Gasteiger partial charge in [-0.2, -0.15) is 0 Å². The minimum atomic E-state index is -2.38. The predicted octanol–water partition coefficient (Wildman–Crippen LogP) is 3.27. The second-order valence-corrected chi connectivity index (χ2v) is 34.5. The lowest BCUT2D eigenvalue weighted by Gasteiger charge is -2.49. The predicted molar refractivity (Wildman–Crippen MR) is 434 cm³/mol. The number of carboxylic acid groups (broad SMARTS) is 1. The van der Waals surface area contributed by atoms with E-state index in [1.807, 2.05) is 26.0 Å². The average molecular weight is 1750 g/mol. The molecule has 6 aromatic carbocycles. The fraction of sp³-hybridized carbons (Fsp3) is 0.482. The van der Waals surface area contributed by atoms with Gasteiger partial charge in [0.2, 0.25) is 53.4 Å². The first-order valence-electron chi connectivity index (χ1n) is 40.4. The molecule has 2 aliphatic carbocycles. The molecule has 8 heterocycles. The Morgan fingerprint density at radius 2 is 1.28 bits per heavy atom. The summed E-state index contributed by atoms with van der Waals surface area (Å²) in [6.07, 6.45) is -20.6. The summed E-state index contributed by atoms with van der Waals surface area (Å²) in [6.45, 7) is 9.52. The molecule has 10 aliphatic rings. The molecule has 16 rings (SSSR count). The second kappa shape index (κ2) is 35.9. The standard InChI is InChI=1S/C85H100Cl2N10O26/c1-33(2)18-50(90-7)76(108)96-66-68(103)37-13-16-54(48(86)22-37)118-56-24-40-25-57(72(56)123-83-73(70(105)69(104)58(32-98)120-83)122-61-30-85(6,75(107)35(4)117-61)91-31-41-19-39-21-45(41)44-11-9-8-10-43(39)44)119-55-17-14-38(23-49(55)87)71(121-60-29-84(5,89)74(106)34(3)116-60)67-81(113)95-65(82(114)115)47-26-42(99)27-53(101)62(47)46-20-36(12-15-52(46)100)63(78(110)97-67)94-79(111)64(40)93-77(109)51(28-59(88)102)92-80(66)112/h8-17,20,22-27,33-35,39,41,45,50-51,58,60-61,63-71,73-75,83,90-91,98-101,103-107H,18-19,21,28-32,89H2,1-7H3,(H2,88,102)(H,92,112)(H,93,109)(H,94,111)(H,95,113)(H,96,108)(H,97,110)(H,114,115)/t34-,35-,39-,41?,45-,50+,51-,58+,60-,61-,63+,64+,65-,66+,67-,68+,69+,70-,71+,73+,74-,75-,83-,84-,85-/m0/s1. The fourth-order valence-electron chi connectivity index (χ4n) is 18.0. The van der Waals surface area contributed by atoms with Crippen molar-refractivity contribution in [2.24, 2.45) is 23.3 Å². The van der Waals surface area contributed by atoms with Crippen LogP contribution in [0.3, 0.4) is 0 Å². The van der Waals surface area contributed by atoms with Crippen molar-refractivity contribution in [3.05, 3.63) is 152 Å². The molecule has 0 spiro atoms. The Morgan fingerprint density at radius 1 is 0.659 bits per heavy atom. The number of primary amides is 1. The third-order valence-corrected chi connectivity index (χ3v) is 25.0. The van der Waals surface area contributed by atoms with E-state index in [1.54, 1.807) is 13.8 Å². The molecular formula is C85H100Cl2N10O26. The van der Waals surface area contributed by atoms with Gasteiger partial charge in [0.05, 0.1) is 53.5 Å². The summed E-state index contributed by atoms with van der Waals surface area (Å²) in [6, 6.07) is 8.14. The number of carboxylic acids is 1. The number of nitrogens with one attached hydrogen (secondary N) is 8. The molecule has 0 aromatic heterocycles. The number of aliphatic hydroxyl groups is 6. The molecule has 1 unspecified atom stereocenters. The number of aliphatic carboxylic acids is 1. The van der Waals surface area contributed by atoms with E-state index in [0.717, 1.165) is 61.4 Å². The van der Waals surface area contributed by atoms with Crippen LogP contribution in [0.4, 0.5) is 0 Å². The highest BCUT2D eigenvalue weighted by atomic mass is 35.5. The fourth-order valence-corrected chi connectivity index (χ4v) is 18.4. The maximum Gasteiger partial charge on any atom is 0.330 e. The highest BCUT2D eigenvalue weighted by Gasteiger charge is 2.54. The number of rotatable bonds is 18. The SMILES string of the molecule is CN[C@H](CC(C)C)C(=O)N[C@H]1C(=O)N[C@@H](CC(N)=O)C(=O)N[C@H]2C(=O)N[C@H]3C(=O)N[C@H](C(=O)N[C@H](C(=O)O)c4cc(O)cc(O)c4-c4cc3ccc4O)[C@H](O[C@H]3C[C@](C)(N)[C@@H](O)[C@H](C)O3)c3ccc(c(Cl)c3)Oc3cc2cc(c3O[C@@H]2O[C@H](CO)[C@@H](O)[C@H](O)[C@H]2O[C@H]2C[C@](C)(NCC3C[C@H]4C[C@@H]3c3ccccc34)[C@@H](O)[C@H](C)O2)Oc2ccc(cc2Cl)[C@H]1O. The van der Waals surface area contributed by atoms with E-state index in [4.69, 9.17) is 72.6 Å². The summed E-state index contributed by atoms with van der Waals surface area (Å²) >= 11 is 14.7. The highest BCUT2D eigenvalue weighted by molar-refractivity contribution is 6.32. The summed E-state index contributed by atoms with van der Waals surface area (Å²) < 4.78 is 53.1. The van der Waals surface area contributed by atoms with Crippen LogP contribution in [0, 0.1) is 11.8 Å². The van der Waals surface area contributed by atoms with E-state index < -0.39 is 255 Å². The normalized spacial score (nSPS) is 32.7. The Labute approximate surface area is 714 Å². The number of amides is 7. The number of halogens is 2. The Morgan fingerprint density at radius 3 is 1.93 bits per heavy atom. The molecule has 1 saturated carbocycles. The molecule has 660 valence electrons. The van der Waals surface area contributed by atoms with Gasteiger partial charge >= 0.3 is 5.97 Å². The molecular weight excluding hydrogens is 1650 g/mol. The Hall–Kier alpha value is -10.1. The zero-order chi connectivity index (χ0) is 88.4. The number of hydrogen-bond acceptors (Lipinski definition) is 28. The summed E-state index contributed by atoms with van der Waals surface area (Å²) in [7, 11) is 1.48. The summed E-state index contributed by atoms with van der Waals surface area (Å²) in [4.78, 5) is 121. The second-order valence-electron chi connectivity index (χ2n) is 33.7. The van der Waals surface area contributed by atoms with Crippen LogP contribution in [-0.4, -0.2) is 222 Å². The summed E-state index contributed by atoms with van der Waals surface area (Å²) in [5, 5.41) is 138. The Balaban J connectivity index is 0.969. The van der Waals surface area contributed by atoms with Crippen molar-refractivity contribution in [2.45, 2.75) is 225 Å². The lowest BCUT2D eigenvalue weighted by Crippen LogP contribution is -2.65. The minimum absolute atomic E-state index is 0.108. The molecule has 0 radical (unpaired) electrons. The molecule has 7 amide bonds. The number of ether oxygens (including phenoxy) is 8. The molecule has 38 heteroatoms. The van der Waals surface area contributed by atoms with Gasteiger partial charge in [0.25, 0.3) is 0 Å². The van der Waals surface area contributed by atoms with Crippen molar-refractivity contribution < 1.29 is 127 Å². The first-order chi connectivity index (χ1) is 58.3. The van der Waals surface area contributed by atoms with Crippen molar-refractivity contribution in [3.63, 3.8) is 0 Å². The van der Waals surface area contributed by atoms with Crippen LogP contribution in [-0.2, 0) is 62.0 Å². The highest BCUT2D eigenvalue weighted by Crippen LogP contribution is 2.57. The van der Waals surface area contributed by atoms with Gasteiger partial charge in [0.15, 0.2) is 36.2 Å². The van der Waals surface area contributed by atoms with E-state index in [9.17, 15) is 65.4 Å². The summed E-state index contributed by atoms with van der Waals surface area (Å²) in [5.41, 5.74) is 9.77. The van der Waals surface area contributed by atoms with Crippen LogP contribution in [0.1, 0.15) is 161 Å². The number of aliphatic hydroxyl groups excluding tert-OH is 6. The van der Waals surface area contributed by atoms with Crippen LogP contribution >= 0.6 is 23.2 Å². The molecule has 3 saturated heterocycles. The number of hydrogen-bond donors (Lipinski definition) is 20. The zero-order valence-corrected chi connectivity index (χ0v) is 69.3. The van der Waals surface area contributed by atoms with Gasteiger partial charge in [0, 0.05) is 46.7 Å². The first kappa shape index (κ1) is 89.2. The minimum Gasteiger partial charge on any atom is -0.508 e. The largest absolute Gasteiger partial charge is 0.508 e. The van der Waals surface area contributed by atoms with Gasteiger partial charge in [-0.3, -0.25) is 33.6 Å². The molecule has 123 heavy (non-hydrogen) atoms. The maximum atomic E-state index is 16.6. The number of phenols is 3. The monoisotopic (exact) mass is 1750 g/mol. The van der Waals surface area contributed by atoms with Gasteiger partial charge in [-0.05, 0) is 172 Å². The van der Waals surface area contributed by atoms with Crippen LogP contribution in [0.15, 0.2) is 103 Å². The number of likely N-dealkylation sites (N-methyl/N-ethyl adjacent to an activating group) is 1.